The lowest BCUT2D eigenvalue weighted by Gasteiger charge is -2.66. The molecule has 9 rings (SSSR count). The van der Waals surface area contributed by atoms with Gasteiger partial charge in [0, 0.05) is 5.41 Å². The second-order valence-corrected chi connectivity index (χ2v) is 29.3. The van der Waals surface area contributed by atoms with Crippen molar-refractivity contribution in [2.45, 2.75) is 286 Å². The number of hydrogen-bond donors (Lipinski definition) is 17. The van der Waals surface area contributed by atoms with E-state index >= 15 is 0 Å². The second-order valence-electron chi connectivity index (χ2n) is 29.3. The number of aliphatic hydroxyl groups is 17. The Labute approximate surface area is 514 Å². The van der Waals surface area contributed by atoms with Crippen LogP contribution in [0.5, 0.6) is 0 Å². The molecule has 8 fully saturated rings. The van der Waals surface area contributed by atoms with Gasteiger partial charge in [-0.3, -0.25) is 0 Å². The van der Waals surface area contributed by atoms with Crippen molar-refractivity contribution < 1.29 is 134 Å². The highest BCUT2D eigenvalue weighted by atomic mass is 16.8. The Hall–Kier alpha value is -1.34. The van der Waals surface area contributed by atoms with E-state index in [0.717, 1.165) is 38.5 Å². The largest absolute Gasteiger partial charge is 0.394 e. The molecule has 0 amide bonds. The van der Waals surface area contributed by atoms with Crippen molar-refractivity contribution in [3.05, 3.63) is 11.6 Å². The summed E-state index contributed by atoms with van der Waals surface area (Å²) in [6, 6.07) is 0. The first-order chi connectivity index (χ1) is 41.2. The van der Waals surface area contributed by atoms with Crippen LogP contribution in [0.25, 0.3) is 0 Å². The van der Waals surface area contributed by atoms with Gasteiger partial charge in [-0.1, -0.05) is 74.0 Å². The molecule has 0 aromatic heterocycles. The van der Waals surface area contributed by atoms with Gasteiger partial charge in [-0.05, 0) is 103 Å². The number of hydrogen-bond acceptors (Lipinski definition) is 27. The maximum absolute atomic E-state index is 11.9. The van der Waals surface area contributed by atoms with Gasteiger partial charge in [-0.25, -0.2) is 0 Å². The van der Waals surface area contributed by atoms with E-state index in [1.54, 1.807) is 0 Å². The summed E-state index contributed by atoms with van der Waals surface area (Å²) in [4.78, 5) is 0. The van der Waals surface area contributed by atoms with Crippen LogP contribution >= 0.6 is 0 Å². The van der Waals surface area contributed by atoms with E-state index in [2.05, 4.69) is 47.6 Å². The second kappa shape index (κ2) is 27.4. The van der Waals surface area contributed by atoms with Crippen LogP contribution in [-0.4, -0.2) is 286 Å². The van der Waals surface area contributed by atoms with Crippen LogP contribution in [0.4, 0.5) is 0 Å². The molecule has 0 spiro atoms. The van der Waals surface area contributed by atoms with Crippen molar-refractivity contribution in [2.24, 2.45) is 50.7 Å². The molecule has 5 saturated heterocycles. The lowest BCUT2D eigenvalue weighted by atomic mass is 9.39. The Balaban J connectivity index is 0.872. The van der Waals surface area contributed by atoms with Gasteiger partial charge >= 0.3 is 0 Å². The molecule has 0 radical (unpaired) electrons. The Kier molecular flexibility index (Phi) is 22.1. The summed E-state index contributed by atoms with van der Waals surface area (Å²) < 4.78 is 60.3. The average molecular weight is 1270 g/mol. The van der Waals surface area contributed by atoms with Crippen molar-refractivity contribution in [3.8, 4) is 0 Å². The lowest BCUT2D eigenvalue weighted by molar-refractivity contribution is -0.379. The van der Waals surface area contributed by atoms with E-state index in [-0.39, 0.29) is 28.1 Å². The van der Waals surface area contributed by atoms with Crippen LogP contribution < -0.4 is 0 Å². The third kappa shape index (κ3) is 12.9. The number of aliphatic hydroxyl groups excluding tert-OH is 17. The van der Waals surface area contributed by atoms with E-state index in [4.69, 9.17) is 47.4 Å². The molecule has 17 N–H and O–H groups in total. The third-order valence-corrected chi connectivity index (χ3v) is 23.0. The van der Waals surface area contributed by atoms with Gasteiger partial charge in [-0.2, -0.15) is 0 Å². The van der Waals surface area contributed by atoms with Crippen molar-refractivity contribution in [1.82, 2.24) is 0 Å². The minimum Gasteiger partial charge on any atom is -0.394 e. The minimum atomic E-state index is -1.88. The molecule has 27 nitrogen and oxygen atoms in total. The molecule has 34 atom stereocenters. The molecule has 5 aliphatic heterocycles. The van der Waals surface area contributed by atoms with Gasteiger partial charge in [0.05, 0.1) is 45.2 Å². The molecule has 0 bridgehead atoms. The van der Waals surface area contributed by atoms with Crippen LogP contribution in [0.1, 0.15) is 120 Å². The Bertz CT molecular complexity index is 2300. The summed E-state index contributed by atoms with van der Waals surface area (Å²) >= 11 is 0. The van der Waals surface area contributed by atoms with E-state index in [0.29, 0.717) is 31.1 Å². The smallest absolute Gasteiger partial charge is 0.187 e. The maximum Gasteiger partial charge on any atom is 0.187 e. The summed E-state index contributed by atoms with van der Waals surface area (Å²) in [5.41, 5.74) is -0.0202. The summed E-state index contributed by atoms with van der Waals surface area (Å²) in [6.45, 7) is 16.5. The van der Waals surface area contributed by atoms with Gasteiger partial charge in [0.25, 0.3) is 0 Å². The number of fused-ring (bicyclic) bond motifs is 5. The van der Waals surface area contributed by atoms with Crippen molar-refractivity contribution in [3.63, 3.8) is 0 Å². The summed E-state index contributed by atoms with van der Waals surface area (Å²) in [5, 5.41) is 181. The zero-order chi connectivity index (χ0) is 64.7. The highest BCUT2D eigenvalue weighted by Gasteiger charge is 2.68. The molecule has 9 aliphatic rings. The Morgan fingerprint density at radius 3 is 1.50 bits per heavy atom. The first-order valence-corrected chi connectivity index (χ1v) is 31.7. The van der Waals surface area contributed by atoms with E-state index < -0.39 is 210 Å². The molecule has 0 aromatic carbocycles. The van der Waals surface area contributed by atoms with Crippen molar-refractivity contribution in [1.29, 1.82) is 0 Å². The normalized spacial score (nSPS) is 51.4. The fourth-order valence-corrected chi connectivity index (χ4v) is 17.2. The van der Waals surface area contributed by atoms with Crippen LogP contribution in [0, 0.1) is 50.7 Å². The zero-order valence-corrected chi connectivity index (χ0v) is 52.1. The number of allylic oxidation sites excluding steroid dienone is 1. The quantitative estimate of drug-likeness (QED) is 0.0570. The fourth-order valence-electron chi connectivity index (χ4n) is 17.2. The lowest BCUT2D eigenvalue weighted by Crippen LogP contribution is -2.65. The van der Waals surface area contributed by atoms with E-state index in [1.165, 1.54) is 5.57 Å². The summed E-state index contributed by atoms with van der Waals surface area (Å²) in [7, 11) is 0. The molecular weight excluding hydrogens is 1160 g/mol. The first-order valence-electron chi connectivity index (χ1n) is 31.7. The third-order valence-electron chi connectivity index (χ3n) is 23.0. The molecule has 27 heteroatoms. The predicted molar refractivity (Wildman–Crippen MR) is 302 cm³/mol. The molecule has 3 saturated carbocycles. The maximum atomic E-state index is 11.9. The molecule has 34 unspecified atom stereocenters. The Morgan fingerprint density at radius 1 is 0.489 bits per heavy atom. The van der Waals surface area contributed by atoms with Gasteiger partial charge in [0.2, 0.25) is 0 Å². The molecular formula is C61H104O27. The zero-order valence-electron chi connectivity index (χ0n) is 52.1. The fraction of sp³-hybridized carbons (Fsp3) is 0.967. The van der Waals surface area contributed by atoms with Gasteiger partial charge in [-0.15, -0.1) is 0 Å². The van der Waals surface area contributed by atoms with Crippen molar-refractivity contribution >= 4 is 0 Å². The highest BCUT2D eigenvalue weighted by molar-refractivity contribution is 5.30. The van der Waals surface area contributed by atoms with Crippen LogP contribution in [0.3, 0.4) is 0 Å². The average Bonchev–Trinajstić information content (AvgIpc) is 1.34. The first kappa shape index (κ1) is 71.0. The standard InChI is InChI=1S/C61H104O27/c1-25(10-14-35(57(2,3)4)85-56-51(88-55-48(77)43(72)39(68)31(22-64)82-55)44(73)40(69)33(84-56)24-79-52-46(75)41(70)37(66)29(20-62)80-52)26-16-17-61(9)34-13-11-27-28(59(34,7)18-19-60(26,61)8)12-15-36(58(27,5)6)86-53-49(78)45(74)50(32(23-65)83-53)87-54-47(76)42(71)38(67)30(21-63)81-54/h11,25-26,28-56,62-78H,10,12-24H2,1-9H3. The molecule has 0 aromatic rings. The van der Waals surface area contributed by atoms with Crippen LogP contribution in [-0.2, 0) is 47.4 Å². The van der Waals surface area contributed by atoms with Crippen molar-refractivity contribution in [2.75, 3.05) is 33.0 Å². The summed E-state index contributed by atoms with van der Waals surface area (Å²) in [5.74, 6) is 1.09. The SMILES string of the molecule is CC(CCC(OC1OC(COC2OC(CO)C(O)C(O)C2O)C(O)C(O)C1OC1OC(CO)C(O)C(O)C1O)C(C)(C)C)C1CCC2(C)C3CC=C4C(CCC(OC5OC(CO)C(OC6OC(CO)C(O)C(O)C6O)C(O)C5O)C4(C)C)C3(C)CCC12C. The predicted octanol–water partition coefficient (Wildman–Crippen LogP) is -3.10. The molecule has 510 valence electrons. The topological polar surface area (TPSA) is 436 Å². The van der Waals surface area contributed by atoms with Gasteiger partial charge in [0.15, 0.2) is 31.5 Å². The minimum absolute atomic E-state index is 0.0450. The molecule has 4 aliphatic carbocycles. The Morgan fingerprint density at radius 2 is 0.955 bits per heavy atom. The highest BCUT2D eigenvalue weighted by Crippen LogP contribution is 2.75. The van der Waals surface area contributed by atoms with E-state index in [9.17, 15) is 86.8 Å². The number of rotatable bonds is 19. The van der Waals surface area contributed by atoms with Crippen LogP contribution in [0.2, 0.25) is 0 Å². The number of ether oxygens (including phenoxy) is 10. The van der Waals surface area contributed by atoms with E-state index in [1.807, 2.05) is 20.8 Å². The van der Waals surface area contributed by atoms with Crippen LogP contribution in [0.15, 0.2) is 11.6 Å². The molecule has 88 heavy (non-hydrogen) atoms. The van der Waals surface area contributed by atoms with Gasteiger partial charge < -0.3 is 134 Å². The van der Waals surface area contributed by atoms with Gasteiger partial charge in [0.1, 0.15) is 122 Å². The monoisotopic (exact) mass is 1270 g/mol. The molecule has 5 heterocycles. The summed E-state index contributed by atoms with van der Waals surface area (Å²) in [6.07, 6.45) is -31.7.